The molecule has 3 fully saturated rings. The summed E-state index contributed by atoms with van der Waals surface area (Å²) in [5.41, 5.74) is -2.76. The van der Waals surface area contributed by atoms with E-state index in [-0.39, 0.29) is 77.1 Å². The molecule has 2 atom stereocenters. The summed E-state index contributed by atoms with van der Waals surface area (Å²) in [6.45, 7) is 7.05. The van der Waals surface area contributed by atoms with Gasteiger partial charge >= 0.3 is 6.18 Å². The van der Waals surface area contributed by atoms with Crippen LogP contribution < -0.4 is 25.2 Å². The smallest absolute Gasteiger partial charge is 0.417 e. The molecule has 324 valence electrons. The fraction of sp³-hybridized carbons (Fsp3) is 0.429. The van der Waals surface area contributed by atoms with Gasteiger partial charge < -0.3 is 20.3 Å². The van der Waals surface area contributed by atoms with E-state index >= 15 is 0 Å². The molecule has 0 spiro atoms. The van der Waals surface area contributed by atoms with E-state index in [2.05, 4.69) is 15.5 Å². The summed E-state index contributed by atoms with van der Waals surface area (Å²) in [7, 11) is 0. The summed E-state index contributed by atoms with van der Waals surface area (Å²) in [4.78, 5) is 56.8. The van der Waals surface area contributed by atoms with Gasteiger partial charge in [0.2, 0.25) is 12.3 Å². The van der Waals surface area contributed by atoms with E-state index in [4.69, 9.17) is 17.0 Å². The Morgan fingerprint density at radius 2 is 1.79 bits per heavy atom. The second-order valence-electron chi connectivity index (χ2n) is 15.7. The van der Waals surface area contributed by atoms with Crippen LogP contribution in [0.5, 0.6) is 5.75 Å². The Kier molecular flexibility index (Phi) is 13.4. The Balaban J connectivity index is 1.05. The van der Waals surface area contributed by atoms with Crippen molar-refractivity contribution in [1.82, 2.24) is 9.80 Å². The number of ether oxygens (including phenoxy) is 1. The number of hydrogen-bond acceptors (Lipinski definition) is 10. The number of rotatable bonds is 13. The quantitative estimate of drug-likeness (QED) is 0.110. The molecule has 2 N–H and O–H groups in total. The summed E-state index contributed by atoms with van der Waals surface area (Å²) < 4.78 is 89.8. The van der Waals surface area contributed by atoms with Crippen LogP contribution in [-0.2, 0) is 31.8 Å². The molecule has 2 aliphatic heterocycles. The van der Waals surface area contributed by atoms with Crippen LogP contribution >= 0.6 is 12.2 Å². The van der Waals surface area contributed by atoms with Crippen LogP contribution in [-0.4, -0.2) is 102 Å². The number of anilines is 4. The molecule has 3 aromatic carbocycles. The number of nitrogens with one attached hydrogen (secondary N) is 2. The van der Waals surface area contributed by atoms with Crippen LogP contribution in [0.1, 0.15) is 56.7 Å². The minimum atomic E-state index is -4.88. The molecule has 12 nitrogen and oxygen atoms in total. The van der Waals surface area contributed by atoms with Crippen molar-refractivity contribution in [3.63, 3.8) is 0 Å². The van der Waals surface area contributed by atoms with Crippen molar-refractivity contribution < 1.29 is 50.3 Å². The highest BCUT2D eigenvalue weighted by Crippen LogP contribution is 2.41. The fourth-order valence-corrected chi connectivity index (χ4v) is 8.26. The zero-order chi connectivity index (χ0) is 44.4. The summed E-state index contributed by atoms with van der Waals surface area (Å²) in [6.07, 6.45) is -7.88. The van der Waals surface area contributed by atoms with Crippen molar-refractivity contribution in [2.75, 3.05) is 59.8 Å². The van der Waals surface area contributed by atoms with Crippen molar-refractivity contribution in [1.29, 1.82) is 5.26 Å². The van der Waals surface area contributed by atoms with Gasteiger partial charge in [-0.1, -0.05) is 0 Å². The number of carbonyl (C=O) groups is 4. The first-order chi connectivity index (χ1) is 28.8. The summed E-state index contributed by atoms with van der Waals surface area (Å²) in [6, 6.07) is 12.1. The number of nitriles is 1. The molecular weight excluding hydrogens is 829 g/mol. The maximum atomic E-state index is 14.7. The predicted octanol–water partition coefficient (Wildman–Crippen LogP) is 6.57. The highest BCUT2D eigenvalue weighted by atomic mass is 32.1. The first-order valence-corrected chi connectivity index (χ1v) is 19.9. The number of Topliss-reactive ketones (excluding diaryl/α,β-unsaturated/α-hetero) is 2. The van der Waals surface area contributed by atoms with Crippen LogP contribution in [0.4, 0.5) is 49.1 Å². The molecule has 19 heteroatoms. The minimum absolute atomic E-state index is 0.0160. The molecule has 1 aliphatic carbocycles. The molecule has 0 bridgehead atoms. The van der Waals surface area contributed by atoms with E-state index in [9.17, 15) is 50.8 Å². The number of amides is 2. The highest BCUT2D eigenvalue weighted by molar-refractivity contribution is 7.81. The van der Waals surface area contributed by atoms with Gasteiger partial charge in [-0.25, -0.2) is 13.2 Å². The van der Waals surface area contributed by atoms with Gasteiger partial charge in [0.15, 0.2) is 10.9 Å². The molecule has 6 rings (SSSR count). The van der Waals surface area contributed by atoms with E-state index in [0.29, 0.717) is 44.4 Å². The number of ketones is 2. The molecular formula is C42H43F6N7O5S. The number of piperazine rings is 1. The highest BCUT2D eigenvalue weighted by Gasteiger charge is 2.51. The molecule has 3 aliphatic rings. The van der Waals surface area contributed by atoms with Gasteiger partial charge in [-0.15, -0.1) is 0 Å². The topological polar surface area (TPSA) is 138 Å². The Bertz CT molecular complexity index is 2270. The lowest BCUT2D eigenvalue weighted by molar-refractivity contribution is -0.138. The van der Waals surface area contributed by atoms with Gasteiger partial charge in [0.25, 0.3) is 5.91 Å². The maximum absolute atomic E-state index is 14.7. The van der Waals surface area contributed by atoms with E-state index in [0.717, 1.165) is 11.0 Å². The van der Waals surface area contributed by atoms with Crippen molar-refractivity contribution in [2.24, 2.45) is 0 Å². The minimum Gasteiger partial charge on any atom is -0.492 e. The van der Waals surface area contributed by atoms with Crippen molar-refractivity contribution in [3.8, 4) is 11.8 Å². The van der Waals surface area contributed by atoms with Crippen LogP contribution in [0.2, 0.25) is 0 Å². The maximum Gasteiger partial charge on any atom is 0.417 e. The predicted molar refractivity (Wildman–Crippen MR) is 218 cm³/mol. The lowest BCUT2D eigenvalue weighted by atomic mass is 9.93. The van der Waals surface area contributed by atoms with E-state index < -0.39 is 59.4 Å². The van der Waals surface area contributed by atoms with Crippen molar-refractivity contribution in [3.05, 3.63) is 77.1 Å². The van der Waals surface area contributed by atoms with Crippen molar-refractivity contribution >= 4 is 63.5 Å². The molecule has 3 aromatic rings. The van der Waals surface area contributed by atoms with Crippen LogP contribution in [0.3, 0.4) is 0 Å². The number of alkyl halides is 5. The number of hydrogen-bond donors (Lipinski definition) is 2. The second-order valence-corrected chi connectivity index (χ2v) is 16.0. The van der Waals surface area contributed by atoms with Crippen LogP contribution in [0.25, 0.3) is 0 Å². The van der Waals surface area contributed by atoms with Crippen LogP contribution in [0.15, 0.2) is 54.6 Å². The molecule has 1 saturated carbocycles. The monoisotopic (exact) mass is 871 g/mol. The first-order valence-electron chi connectivity index (χ1n) is 19.5. The normalized spacial score (nSPS) is 20.0. The Morgan fingerprint density at radius 3 is 2.46 bits per heavy atom. The average Bonchev–Trinajstić information content (AvgIpc) is 3.36. The third-order valence-electron chi connectivity index (χ3n) is 10.9. The summed E-state index contributed by atoms with van der Waals surface area (Å²) in [5.74, 6) is -1.93. The summed E-state index contributed by atoms with van der Waals surface area (Å²) >= 11 is 5.61. The van der Waals surface area contributed by atoms with Gasteiger partial charge in [-0.05, 0) is 94.0 Å². The van der Waals surface area contributed by atoms with Crippen LogP contribution in [0, 0.1) is 17.1 Å². The fourth-order valence-electron chi connectivity index (χ4n) is 7.74. The molecule has 1 unspecified atom stereocenters. The number of benzene rings is 3. The lowest BCUT2D eigenvalue weighted by Gasteiger charge is -2.39. The van der Waals surface area contributed by atoms with E-state index in [1.54, 1.807) is 0 Å². The summed E-state index contributed by atoms with van der Waals surface area (Å²) in [5, 5.41) is 14.7. The second kappa shape index (κ2) is 18.2. The zero-order valence-electron chi connectivity index (χ0n) is 33.5. The van der Waals surface area contributed by atoms with Gasteiger partial charge in [0, 0.05) is 62.0 Å². The lowest BCUT2D eigenvalue weighted by Crippen LogP contribution is -2.54. The van der Waals surface area contributed by atoms with Gasteiger partial charge in [-0.2, -0.15) is 18.4 Å². The third kappa shape index (κ3) is 10.1. The Labute approximate surface area is 353 Å². The first kappa shape index (κ1) is 45.0. The van der Waals surface area contributed by atoms with E-state index in [1.165, 1.54) is 67.3 Å². The van der Waals surface area contributed by atoms with Crippen molar-refractivity contribution in [2.45, 2.75) is 76.7 Å². The number of halogens is 6. The molecule has 2 heterocycles. The van der Waals surface area contributed by atoms with Gasteiger partial charge in [0.05, 0.1) is 47.6 Å². The standard InChI is InChI=1S/C42H43F6N7O5S/c1-24-22-52(12-13-53(24)23-38(58)51-34-18-27(5-9-32(34)43)50-33-10-8-30(56)20-35(33)57)14-15-60-36-11-7-29(16-26(36)17-37(44)45)55-40(61)54(39(59)41(55,2)3)28-6-4-25(21-49)31(19-28)42(46,47)48/h4-7,9,11,16,18-19,24,33,37,50H,8,10,12-15,17,20,22-23H2,1-3H3,(H,51,58)/t24-,33?/m1/s1. The Hall–Kier alpha value is -5.58. The SMILES string of the molecule is C[C@@H]1CN(CCOc2ccc(N3C(=S)N(c4ccc(C#N)c(C(F)(F)F)c4)C(=O)C3(C)C)cc2CC(F)F)CCN1CC(=O)Nc1cc(NC2CCC(=O)CC2=O)ccc1F. The Morgan fingerprint density at radius 1 is 1.05 bits per heavy atom. The number of thiocarbonyl (C=S) groups is 1. The largest absolute Gasteiger partial charge is 0.492 e. The zero-order valence-corrected chi connectivity index (χ0v) is 34.3. The third-order valence-corrected chi connectivity index (χ3v) is 11.3. The molecule has 61 heavy (non-hydrogen) atoms. The molecule has 2 saturated heterocycles. The van der Waals surface area contributed by atoms with Gasteiger partial charge in [-0.3, -0.25) is 33.9 Å². The number of carbonyl (C=O) groups excluding carboxylic acids is 4. The molecule has 0 aromatic heterocycles. The molecule has 2 amide bonds. The van der Waals surface area contributed by atoms with E-state index in [1.807, 2.05) is 11.8 Å². The number of nitrogens with zero attached hydrogens (tertiary/aromatic N) is 5. The average molecular weight is 872 g/mol. The van der Waals surface area contributed by atoms with Gasteiger partial charge in [0.1, 0.15) is 29.5 Å². The molecule has 0 radical (unpaired) electrons.